The summed E-state index contributed by atoms with van der Waals surface area (Å²) >= 11 is 6.15. The maximum absolute atomic E-state index is 12.2. The van der Waals surface area contributed by atoms with Crippen LogP contribution in [0.2, 0.25) is 5.02 Å². The molecule has 1 amide bonds. The molecule has 140 valence electrons. The number of amides is 1. The van der Waals surface area contributed by atoms with Crippen LogP contribution >= 0.6 is 11.6 Å². The van der Waals surface area contributed by atoms with Crippen molar-refractivity contribution < 1.29 is 14.3 Å². The summed E-state index contributed by atoms with van der Waals surface area (Å²) in [5.74, 6) is 1.26. The quantitative estimate of drug-likeness (QED) is 0.723. The van der Waals surface area contributed by atoms with Crippen molar-refractivity contribution in [1.29, 1.82) is 0 Å². The highest BCUT2D eigenvalue weighted by Crippen LogP contribution is 2.26. The Labute approximate surface area is 160 Å². The van der Waals surface area contributed by atoms with Crippen LogP contribution in [0.4, 0.5) is 0 Å². The molecule has 2 aromatic carbocycles. The maximum atomic E-state index is 12.2. The molecule has 26 heavy (non-hydrogen) atoms. The first-order chi connectivity index (χ1) is 12.3. The van der Waals surface area contributed by atoms with Gasteiger partial charge in [-0.3, -0.25) is 4.79 Å². The highest BCUT2D eigenvalue weighted by molar-refractivity contribution is 6.32. The minimum absolute atomic E-state index is 0.182. The molecule has 0 bridgehead atoms. The molecule has 0 fully saturated rings. The molecule has 0 saturated carbocycles. The van der Waals surface area contributed by atoms with Gasteiger partial charge >= 0.3 is 0 Å². The summed E-state index contributed by atoms with van der Waals surface area (Å²) < 4.78 is 11.4. The molecule has 0 saturated heterocycles. The molecule has 0 heterocycles. The van der Waals surface area contributed by atoms with Crippen molar-refractivity contribution in [3.63, 3.8) is 0 Å². The van der Waals surface area contributed by atoms with Gasteiger partial charge in [0.25, 0.3) is 5.91 Å². The van der Waals surface area contributed by atoms with E-state index in [4.69, 9.17) is 21.1 Å². The van der Waals surface area contributed by atoms with E-state index in [0.717, 1.165) is 21.9 Å². The van der Waals surface area contributed by atoms with E-state index in [1.165, 1.54) is 11.1 Å². The van der Waals surface area contributed by atoms with E-state index in [0.29, 0.717) is 18.9 Å². The van der Waals surface area contributed by atoms with Crippen molar-refractivity contribution in [1.82, 2.24) is 5.32 Å². The van der Waals surface area contributed by atoms with Crippen LogP contribution in [0.5, 0.6) is 11.5 Å². The number of nitrogens with one attached hydrogen (secondary N) is 1. The van der Waals surface area contributed by atoms with E-state index in [9.17, 15) is 4.79 Å². The molecule has 5 heteroatoms. The summed E-state index contributed by atoms with van der Waals surface area (Å²) in [4.78, 5) is 12.2. The summed E-state index contributed by atoms with van der Waals surface area (Å²) in [5.41, 5.74) is 4.26. The Morgan fingerprint density at radius 2 is 1.62 bits per heavy atom. The van der Waals surface area contributed by atoms with Gasteiger partial charge in [0.1, 0.15) is 18.1 Å². The molecular weight excluding hydrogens is 350 g/mol. The zero-order valence-electron chi connectivity index (χ0n) is 16.0. The van der Waals surface area contributed by atoms with Crippen LogP contribution < -0.4 is 14.8 Å². The fourth-order valence-corrected chi connectivity index (χ4v) is 2.63. The Bertz CT molecular complexity index is 766. The first-order valence-corrected chi connectivity index (χ1v) is 9.07. The normalized spacial score (nSPS) is 11.8. The Morgan fingerprint density at radius 3 is 2.23 bits per heavy atom. The number of benzene rings is 2. The highest BCUT2D eigenvalue weighted by Gasteiger charge is 2.15. The Hall–Kier alpha value is -2.20. The highest BCUT2D eigenvalue weighted by atomic mass is 35.5. The zero-order chi connectivity index (χ0) is 19.3. The molecular formula is C21H26ClNO3. The predicted octanol–water partition coefficient (Wildman–Crippen LogP) is 4.54. The number of carbonyl (C=O) groups excluding carboxylic acids is 1. The van der Waals surface area contributed by atoms with Crippen LogP contribution in [0.3, 0.4) is 0 Å². The van der Waals surface area contributed by atoms with Crippen molar-refractivity contribution in [2.24, 2.45) is 0 Å². The van der Waals surface area contributed by atoms with E-state index < -0.39 is 6.10 Å². The van der Waals surface area contributed by atoms with Gasteiger partial charge in [-0.25, -0.2) is 0 Å². The smallest absolute Gasteiger partial charge is 0.260 e. The summed E-state index contributed by atoms with van der Waals surface area (Å²) in [7, 11) is 0. The Morgan fingerprint density at radius 1 is 1.00 bits per heavy atom. The topological polar surface area (TPSA) is 47.6 Å². The van der Waals surface area contributed by atoms with E-state index in [-0.39, 0.29) is 5.91 Å². The van der Waals surface area contributed by atoms with E-state index in [1.807, 2.05) is 51.1 Å². The lowest BCUT2D eigenvalue weighted by Crippen LogP contribution is -2.38. The maximum Gasteiger partial charge on any atom is 0.260 e. The lowest BCUT2D eigenvalue weighted by molar-refractivity contribution is -0.127. The van der Waals surface area contributed by atoms with Gasteiger partial charge < -0.3 is 14.8 Å². The number of carbonyl (C=O) groups is 1. The third-order valence-corrected chi connectivity index (χ3v) is 4.84. The van der Waals surface area contributed by atoms with Gasteiger partial charge in [0.05, 0.1) is 6.54 Å². The summed E-state index contributed by atoms with van der Waals surface area (Å²) in [6.45, 7) is 10.5. The lowest BCUT2D eigenvalue weighted by Gasteiger charge is -2.16. The second-order valence-electron chi connectivity index (χ2n) is 6.52. The van der Waals surface area contributed by atoms with Crippen molar-refractivity contribution >= 4 is 17.5 Å². The molecule has 0 spiro atoms. The molecule has 1 N–H and O–H groups in total. The Kier molecular flexibility index (Phi) is 6.92. The molecule has 0 aliphatic heterocycles. The van der Waals surface area contributed by atoms with Crippen LogP contribution in [0.25, 0.3) is 0 Å². The number of hydrogen-bond donors (Lipinski definition) is 1. The first-order valence-electron chi connectivity index (χ1n) is 8.69. The number of aryl methyl sites for hydroxylation is 4. The fraction of sp³-hybridized carbons (Fsp3) is 0.381. The molecule has 2 aromatic rings. The summed E-state index contributed by atoms with van der Waals surface area (Å²) in [5, 5.41) is 3.54. The molecule has 0 aromatic heterocycles. The van der Waals surface area contributed by atoms with E-state index in [2.05, 4.69) is 12.2 Å². The molecule has 4 nitrogen and oxygen atoms in total. The summed E-state index contributed by atoms with van der Waals surface area (Å²) in [6.07, 6.45) is -0.600. The van der Waals surface area contributed by atoms with Crippen molar-refractivity contribution in [3.05, 3.63) is 57.6 Å². The zero-order valence-corrected chi connectivity index (χ0v) is 16.7. The standard InChI is InChI=1S/C21H26ClNO3/c1-13-6-7-18(10-14(13)2)25-9-8-23-21(24)17(5)26-19-11-15(3)20(22)16(4)12-19/h6-7,10-12,17H,8-9H2,1-5H3,(H,23,24)/t17-/m1/s1. The average molecular weight is 376 g/mol. The minimum Gasteiger partial charge on any atom is -0.492 e. The second-order valence-corrected chi connectivity index (χ2v) is 6.89. The number of ether oxygens (including phenoxy) is 2. The van der Waals surface area contributed by atoms with Crippen LogP contribution in [0, 0.1) is 27.7 Å². The largest absolute Gasteiger partial charge is 0.492 e. The fourth-order valence-electron chi connectivity index (χ4n) is 2.52. The predicted molar refractivity (Wildman–Crippen MR) is 105 cm³/mol. The molecule has 0 aliphatic rings. The van der Waals surface area contributed by atoms with Gasteiger partial charge in [-0.2, -0.15) is 0 Å². The van der Waals surface area contributed by atoms with Gasteiger partial charge in [0.15, 0.2) is 6.10 Å². The second kappa shape index (κ2) is 8.95. The lowest BCUT2D eigenvalue weighted by atomic mass is 10.1. The number of hydrogen-bond acceptors (Lipinski definition) is 3. The monoisotopic (exact) mass is 375 g/mol. The number of halogens is 1. The van der Waals surface area contributed by atoms with Crippen molar-refractivity contribution in [3.8, 4) is 11.5 Å². The number of rotatable bonds is 7. The molecule has 0 aliphatic carbocycles. The molecule has 2 rings (SSSR count). The molecule has 0 radical (unpaired) electrons. The first kappa shape index (κ1) is 20.1. The van der Waals surface area contributed by atoms with Gasteiger partial charge in [-0.05, 0) is 81.1 Å². The van der Waals surface area contributed by atoms with Crippen LogP contribution in [-0.2, 0) is 4.79 Å². The average Bonchev–Trinajstić information content (AvgIpc) is 2.59. The van der Waals surface area contributed by atoms with Crippen LogP contribution in [-0.4, -0.2) is 25.2 Å². The van der Waals surface area contributed by atoms with Crippen LogP contribution in [0.15, 0.2) is 30.3 Å². The summed E-state index contributed by atoms with van der Waals surface area (Å²) in [6, 6.07) is 9.62. The van der Waals surface area contributed by atoms with Gasteiger partial charge in [0.2, 0.25) is 0 Å². The molecule has 0 unspecified atom stereocenters. The van der Waals surface area contributed by atoms with Crippen molar-refractivity contribution in [2.45, 2.75) is 40.7 Å². The van der Waals surface area contributed by atoms with Gasteiger partial charge in [-0.15, -0.1) is 0 Å². The third-order valence-electron chi connectivity index (χ3n) is 4.24. The van der Waals surface area contributed by atoms with Gasteiger partial charge in [0, 0.05) is 5.02 Å². The SMILES string of the molecule is Cc1ccc(OCCNC(=O)[C@@H](C)Oc2cc(C)c(Cl)c(C)c2)cc1C. The third kappa shape index (κ3) is 5.40. The molecule has 1 atom stereocenters. The Balaban J connectivity index is 1.79. The van der Waals surface area contributed by atoms with Gasteiger partial charge in [-0.1, -0.05) is 17.7 Å². The van der Waals surface area contributed by atoms with E-state index >= 15 is 0 Å². The van der Waals surface area contributed by atoms with Crippen molar-refractivity contribution in [2.75, 3.05) is 13.2 Å². The van der Waals surface area contributed by atoms with Crippen LogP contribution in [0.1, 0.15) is 29.2 Å². The van der Waals surface area contributed by atoms with E-state index in [1.54, 1.807) is 6.92 Å². The minimum atomic E-state index is -0.600.